The van der Waals surface area contributed by atoms with Crippen molar-refractivity contribution < 1.29 is 9.84 Å². The van der Waals surface area contributed by atoms with E-state index in [1.54, 1.807) is 32.4 Å². The summed E-state index contributed by atoms with van der Waals surface area (Å²) in [5.74, 6) is 0.418. The van der Waals surface area contributed by atoms with Crippen LogP contribution in [-0.4, -0.2) is 51.6 Å². The number of aliphatic hydroxyl groups is 1. The minimum Gasteiger partial charge on any atom is -0.478 e. The van der Waals surface area contributed by atoms with Gasteiger partial charge in [-0.2, -0.15) is 5.26 Å². The molecule has 1 N–H and O–H groups in total. The Kier molecular flexibility index (Phi) is 7.99. The van der Waals surface area contributed by atoms with Crippen molar-refractivity contribution in [3.05, 3.63) is 71.5 Å². The monoisotopic (exact) mass is 483 g/mol. The molecule has 0 amide bonds. The van der Waals surface area contributed by atoms with Crippen LogP contribution >= 0.6 is 0 Å². The maximum atomic E-state index is 10.2. The normalized spacial score (nSPS) is 14.6. The second kappa shape index (κ2) is 11.3. The van der Waals surface area contributed by atoms with E-state index < -0.39 is 6.10 Å². The summed E-state index contributed by atoms with van der Waals surface area (Å²) in [6, 6.07) is 15.4. The molecule has 4 aromatic rings. The summed E-state index contributed by atoms with van der Waals surface area (Å²) in [6.07, 6.45) is 7.26. The van der Waals surface area contributed by atoms with Crippen molar-refractivity contribution in [1.82, 2.24) is 19.3 Å². The molecule has 186 valence electrons. The van der Waals surface area contributed by atoms with Crippen LogP contribution in [0.3, 0.4) is 0 Å². The van der Waals surface area contributed by atoms with Crippen LogP contribution in [0.25, 0.3) is 28.2 Å². The molecule has 0 radical (unpaired) electrons. The van der Waals surface area contributed by atoms with Gasteiger partial charge in [-0.15, -0.1) is 0 Å². The summed E-state index contributed by atoms with van der Waals surface area (Å²) in [6.45, 7) is 6.37. The zero-order chi connectivity index (χ0) is 25.7. The first-order valence-electron chi connectivity index (χ1n) is 12.3. The van der Waals surface area contributed by atoms with Gasteiger partial charge in [-0.3, -0.25) is 4.40 Å². The first kappa shape index (κ1) is 25.4. The highest BCUT2D eigenvalue weighted by molar-refractivity contribution is 5.82. The molecule has 1 aliphatic rings. The molecule has 0 aliphatic carbocycles. The lowest BCUT2D eigenvalue weighted by molar-refractivity contribution is 0.198. The Balaban J connectivity index is 0.000000375. The van der Waals surface area contributed by atoms with Crippen molar-refractivity contribution in [3.8, 4) is 34.5 Å². The lowest BCUT2D eigenvalue weighted by Gasteiger charge is -2.20. The van der Waals surface area contributed by atoms with Gasteiger partial charge in [-0.05, 0) is 76.2 Å². The second-order valence-electron chi connectivity index (χ2n) is 9.24. The van der Waals surface area contributed by atoms with E-state index in [0.29, 0.717) is 22.8 Å². The van der Waals surface area contributed by atoms with E-state index in [2.05, 4.69) is 23.0 Å². The maximum Gasteiger partial charge on any atom is 0.258 e. The van der Waals surface area contributed by atoms with Gasteiger partial charge < -0.3 is 14.7 Å². The maximum absolute atomic E-state index is 10.2. The van der Waals surface area contributed by atoms with E-state index in [0.717, 1.165) is 27.9 Å². The van der Waals surface area contributed by atoms with Crippen molar-refractivity contribution in [2.24, 2.45) is 0 Å². The number of likely N-dealkylation sites (tertiary alicyclic amines) is 1. The minimum absolute atomic E-state index is 0.418. The molecular weight excluding hydrogens is 450 g/mol. The first-order valence-corrected chi connectivity index (χ1v) is 12.3. The van der Waals surface area contributed by atoms with Crippen molar-refractivity contribution in [2.75, 3.05) is 27.2 Å². The molecule has 0 bridgehead atoms. The smallest absolute Gasteiger partial charge is 0.258 e. The lowest BCUT2D eigenvalue weighted by atomic mass is 9.97. The zero-order valence-corrected chi connectivity index (χ0v) is 21.4. The average Bonchev–Trinajstić information content (AvgIpc) is 3.39. The fraction of sp³-hybridized carbons (Fsp3) is 0.345. The van der Waals surface area contributed by atoms with Crippen molar-refractivity contribution >= 4 is 5.65 Å². The number of methoxy groups -OCH3 is 1. The fourth-order valence-electron chi connectivity index (χ4n) is 4.57. The van der Waals surface area contributed by atoms with Gasteiger partial charge in [-0.25, -0.2) is 9.97 Å². The van der Waals surface area contributed by atoms with Gasteiger partial charge >= 0.3 is 0 Å². The number of nitriles is 1. The Morgan fingerprint density at radius 1 is 1.06 bits per heavy atom. The van der Waals surface area contributed by atoms with E-state index in [4.69, 9.17) is 15.0 Å². The largest absolute Gasteiger partial charge is 0.478 e. The summed E-state index contributed by atoms with van der Waals surface area (Å²) in [5.41, 5.74) is 6.37. The Morgan fingerprint density at radius 3 is 2.33 bits per heavy atom. The number of ether oxygens (including phenoxy) is 1. The number of benzene rings is 2. The third kappa shape index (κ3) is 5.40. The van der Waals surface area contributed by atoms with Crippen molar-refractivity contribution in [1.29, 1.82) is 5.26 Å². The number of aryl methyl sites for hydroxylation is 1. The molecule has 1 unspecified atom stereocenters. The first-order chi connectivity index (χ1) is 17.4. The van der Waals surface area contributed by atoms with E-state index in [-0.39, 0.29) is 0 Å². The number of hydrogen-bond donors (Lipinski definition) is 1. The summed E-state index contributed by atoms with van der Waals surface area (Å²) < 4.78 is 7.42. The van der Waals surface area contributed by atoms with Crippen LogP contribution < -0.4 is 4.74 Å². The molecule has 36 heavy (non-hydrogen) atoms. The van der Waals surface area contributed by atoms with Crippen LogP contribution in [0.2, 0.25) is 0 Å². The van der Waals surface area contributed by atoms with E-state index in [9.17, 15) is 5.11 Å². The van der Waals surface area contributed by atoms with Crippen LogP contribution in [0.1, 0.15) is 49.0 Å². The van der Waals surface area contributed by atoms with Gasteiger partial charge in [0.15, 0.2) is 0 Å². The lowest BCUT2D eigenvalue weighted by Crippen LogP contribution is -2.24. The van der Waals surface area contributed by atoms with Crippen LogP contribution in [0.15, 0.2) is 54.9 Å². The Labute approximate surface area is 212 Å². The Bertz CT molecular complexity index is 1360. The van der Waals surface area contributed by atoms with Gasteiger partial charge in [0.25, 0.3) is 5.88 Å². The van der Waals surface area contributed by atoms with E-state index in [1.807, 2.05) is 47.9 Å². The number of nitrogens with zero attached hydrogens (tertiary/aromatic N) is 5. The van der Waals surface area contributed by atoms with Gasteiger partial charge in [0.1, 0.15) is 0 Å². The predicted molar refractivity (Wildman–Crippen MR) is 142 cm³/mol. The molecule has 1 fully saturated rings. The third-order valence-corrected chi connectivity index (χ3v) is 6.57. The topological polar surface area (TPSA) is 86.7 Å². The fourth-order valence-corrected chi connectivity index (χ4v) is 4.57. The number of rotatable bonds is 4. The molecule has 7 nitrogen and oxygen atoms in total. The molecule has 2 aromatic heterocycles. The molecule has 2 aromatic carbocycles. The van der Waals surface area contributed by atoms with Crippen LogP contribution in [0.5, 0.6) is 5.88 Å². The number of hydrogen-bond acceptors (Lipinski definition) is 6. The number of imidazole rings is 1. The quantitative estimate of drug-likeness (QED) is 0.418. The summed E-state index contributed by atoms with van der Waals surface area (Å²) >= 11 is 0. The van der Waals surface area contributed by atoms with E-state index >= 15 is 0 Å². The Hall–Kier alpha value is -3.73. The highest BCUT2D eigenvalue weighted by atomic mass is 16.5. The molecule has 1 aliphatic heterocycles. The molecule has 7 heteroatoms. The predicted octanol–water partition coefficient (Wildman–Crippen LogP) is 5.41. The zero-order valence-electron chi connectivity index (χ0n) is 21.4. The molecular formula is C29H33N5O2. The molecule has 5 rings (SSSR count). The van der Waals surface area contributed by atoms with Gasteiger partial charge in [0, 0.05) is 23.5 Å². The number of piperidine rings is 1. The molecule has 1 atom stereocenters. The summed E-state index contributed by atoms with van der Waals surface area (Å²) in [4.78, 5) is 11.5. The molecule has 1 saturated heterocycles. The third-order valence-electron chi connectivity index (χ3n) is 6.57. The highest BCUT2D eigenvalue weighted by Gasteiger charge is 2.19. The summed E-state index contributed by atoms with van der Waals surface area (Å²) in [7, 11) is 3.76. The summed E-state index contributed by atoms with van der Waals surface area (Å²) in [5, 5.41) is 19.3. The minimum atomic E-state index is -0.585. The van der Waals surface area contributed by atoms with Crippen LogP contribution in [0, 0.1) is 18.3 Å². The van der Waals surface area contributed by atoms with Crippen molar-refractivity contribution in [3.63, 3.8) is 0 Å². The van der Waals surface area contributed by atoms with Crippen LogP contribution in [-0.2, 0) is 0 Å². The average molecular weight is 484 g/mol. The Morgan fingerprint density at radius 2 is 1.75 bits per heavy atom. The standard InChI is InChI=1S/C23H20N4O2.C6H13N/c1-14-4-7-18(12-19(14)15(2)28)21-20(17-8-5-16(13-24)6-9-17)26-23(29-3)22-25-10-11-27(21)22;1-7-5-3-2-4-6-7/h4-12,15,28H,1-3H3;2-6H2,1H3. The van der Waals surface area contributed by atoms with E-state index in [1.165, 1.54) is 32.4 Å². The number of aromatic nitrogens is 3. The SMILES string of the molecule is CN1CCCCC1.COc1nc(-c2ccc(C#N)cc2)c(-c2ccc(C)c(C(C)O)c2)n2ccnc12. The van der Waals surface area contributed by atoms with Crippen molar-refractivity contribution in [2.45, 2.75) is 39.2 Å². The number of aliphatic hydroxyl groups excluding tert-OH is 1. The second-order valence-corrected chi connectivity index (χ2v) is 9.24. The van der Waals surface area contributed by atoms with Crippen LogP contribution in [0.4, 0.5) is 0 Å². The molecule has 0 saturated carbocycles. The highest BCUT2D eigenvalue weighted by Crippen LogP contribution is 2.36. The number of fused-ring (bicyclic) bond motifs is 1. The van der Waals surface area contributed by atoms with Gasteiger partial charge in [0.2, 0.25) is 5.65 Å². The van der Waals surface area contributed by atoms with Gasteiger partial charge in [-0.1, -0.05) is 30.7 Å². The molecule has 3 heterocycles. The van der Waals surface area contributed by atoms with Gasteiger partial charge in [0.05, 0.1) is 36.2 Å². The molecule has 0 spiro atoms.